The number of rotatable bonds is 5. The quantitative estimate of drug-likeness (QED) is 0.678. The van der Waals surface area contributed by atoms with Crippen molar-refractivity contribution < 1.29 is 4.79 Å². The van der Waals surface area contributed by atoms with Gasteiger partial charge in [0.2, 0.25) is 0 Å². The fourth-order valence-corrected chi connectivity index (χ4v) is 2.52. The van der Waals surface area contributed by atoms with Gasteiger partial charge in [0.15, 0.2) is 0 Å². The number of para-hydroxylation sites is 2. The molecule has 0 bridgehead atoms. The molecule has 120 valence electrons. The van der Waals surface area contributed by atoms with Gasteiger partial charge in [0.05, 0.1) is 0 Å². The Labute approximate surface area is 146 Å². The first kappa shape index (κ1) is 16.1. The molecule has 4 heteroatoms. The minimum Gasteiger partial charge on any atom is -0.370 e. The van der Waals surface area contributed by atoms with Crippen molar-refractivity contribution in [2.24, 2.45) is 0 Å². The second-order valence-corrected chi connectivity index (χ2v) is 5.79. The smallest absolute Gasteiger partial charge is 0.251 e. The van der Waals surface area contributed by atoms with E-state index in [1.165, 1.54) is 0 Å². The van der Waals surface area contributed by atoms with E-state index in [0.717, 1.165) is 16.9 Å². The second kappa shape index (κ2) is 7.66. The normalized spacial score (nSPS) is 11.5. The molecule has 0 radical (unpaired) electrons. The zero-order valence-corrected chi connectivity index (χ0v) is 13.7. The number of anilines is 2. The third-order valence-corrected chi connectivity index (χ3v) is 3.84. The van der Waals surface area contributed by atoms with E-state index in [1.807, 2.05) is 72.8 Å². The molecule has 1 unspecified atom stereocenters. The van der Waals surface area contributed by atoms with Crippen LogP contribution in [0.25, 0.3) is 0 Å². The number of carbonyl (C=O) groups is 1. The average Bonchev–Trinajstić information content (AvgIpc) is 2.62. The molecular formula is C20H17ClN2O. The Morgan fingerprint density at radius 3 is 1.88 bits per heavy atom. The van der Waals surface area contributed by atoms with Gasteiger partial charge in [-0.3, -0.25) is 4.79 Å². The predicted molar refractivity (Wildman–Crippen MR) is 99.3 cm³/mol. The van der Waals surface area contributed by atoms with Crippen molar-refractivity contribution in [1.29, 1.82) is 0 Å². The lowest BCUT2D eigenvalue weighted by Crippen LogP contribution is -2.27. The van der Waals surface area contributed by atoms with Gasteiger partial charge in [0, 0.05) is 16.4 Å². The van der Waals surface area contributed by atoms with E-state index in [1.54, 1.807) is 12.1 Å². The lowest BCUT2D eigenvalue weighted by Gasteiger charge is -2.20. The molecule has 0 aliphatic heterocycles. The van der Waals surface area contributed by atoms with Crippen molar-refractivity contribution in [3.8, 4) is 0 Å². The molecule has 1 atom stereocenters. The summed E-state index contributed by atoms with van der Waals surface area (Å²) in [5, 5.41) is 6.86. The van der Waals surface area contributed by atoms with E-state index in [-0.39, 0.29) is 5.91 Å². The number of benzene rings is 3. The Morgan fingerprint density at radius 1 is 0.750 bits per heavy atom. The van der Waals surface area contributed by atoms with Gasteiger partial charge < -0.3 is 10.6 Å². The van der Waals surface area contributed by atoms with Crippen LogP contribution in [-0.2, 0) is 4.79 Å². The highest BCUT2D eigenvalue weighted by molar-refractivity contribution is 6.30. The Balaban J connectivity index is 1.86. The topological polar surface area (TPSA) is 41.1 Å². The molecule has 0 fully saturated rings. The number of hydrogen-bond acceptors (Lipinski definition) is 2. The summed E-state index contributed by atoms with van der Waals surface area (Å²) in [7, 11) is 0. The monoisotopic (exact) mass is 336 g/mol. The molecule has 2 N–H and O–H groups in total. The second-order valence-electron chi connectivity index (χ2n) is 5.35. The van der Waals surface area contributed by atoms with E-state index in [0.29, 0.717) is 5.02 Å². The van der Waals surface area contributed by atoms with Crippen molar-refractivity contribution >= 4 is 28.9 Å². The summed E-state index contributed by atoms with van der Waals surface area (Å²) < 4.78 is 0. The Morgan fingerprint density at radius 2 is 1.29 bits per heavy atom. The molecule has 0 spiro atoms. The Bertz CT molecular complexity index is 789. The largest absolute Gasteiger partial charge is 0.370 e. The maximum atomic E-state index is 12.8. The van der Waals surface area contributed by atoms with E-state index >= 15 is 0 Å². The average molecular weight is 337 g/mol. The summed E-state index contributed by atoms with van der Waals surface area (Å²) in [4.78, 5) is 12.8. The molecule has 0 aromatic heterocycles. The highest BCUT2D eigenvalue weighted by Gasteiger charge is 2.20. The number of halogens is 1. The molecule has 3 rings (SSSR count). The van der Waals surface area contributed by atoms with Crippen LogP contribution in [0.2, 0.25) is 5.02 Å². The molecule has 0 heterocycles. The first-order valence-electron chi connectivity index (χ1n) is 7.65. The van der Waals surface area contributed by atoms with E-state index in [2.05, 4.69) is 10.6 Å². The number of nitrogens with one attached hydrogen (secondary N) is 2. The standard InChI is InChI=1S/C20H17ClN2O/c21-16-13-11-15(12-14-16)19(22-17-7-3-1-4-8-17)20(24)23-18-9-5-2-6-10-18/h1-14,19,22H,(H,23,24). The molecule has 3 aromatic rings. The van der Waals surface area contributed by atoms with E-state index in [9.17, 15) is 4.79 Å². The maximum Gasteiger partial charge on any atom is 0.251 e. The van der Waals surface area contributed by atoms with Crippen molar-refractivity contribution in [1.82, 2.24) is 0 Å². The van der Waals surface area contributed by atoms with Gasteiger partial charge >= 0.3 is 0 Å². The third kappa shape index (κ3) is 4.15. The summed E-state index contributed by atoms with van der Waals surface area (Å²) in [5.74, 6) is -0.132. The highest BCUT2D eigenvalue weighted by atomic mass is 35.5. The molecule has 0 aliphatic rings. The molecule has 24 heavy (non-hydrogen) atoms. The molecule has 1 amide bonds. The molecule has 0 saturated carbocycles. The van der Waals surface area contributed by atoms with Crippen molar-refractivity contribution in [3.05, 3.63) is 95.5 Å². The van der Waals surface area contributed by atoms with Crippen LogP contribution in [-0.4, -0.2) is 5.91 Å². The minimum atomic E-state index is -0.523. The summed E-state index contributed by atoms with van der Waals surface area (Å²) in [5.41, 5.74) is 2.48. The summed E-state index contributed by atoms with van der Waals surface area (Å²) in [6.07, 6.45) is 0. The molecule has 3 aromatic carbocycles. The SMILES string of the molecule is O=C(Nc1ccccc1)C(Nc1ccccc1)c1ccc(Cl)cc1. The number of hydrogen-bond donors (Lipinski definition) is 2. The van der Waals surface area contributed by atoms with E-state index < -0.39 is 6.04 Å². The minimum absolute atomic E-state index is 0.132. The fraction of sp³-hybridized carbons (Fsp3) is 0.0500. The first-order valence-corrected chi connectivity index (χ1v) is 8.03. The van der Waals surface area contributed by atoms with Crippen LogP contribution in [0, 0.1) is 0 Å². The molecule has 0 saturated heterocycles. The molecule has 0 aliphatic carbocycles. The molecule has 3 nitrogen and oxygen atoms in total. The van der Waals surface area contributed by atoms with Gasteiger partial charge in [-0.05, 0) is 42.0 Å². The summed E-state index contributed by atoms with van der Waals surface area (Å²) >= 11 is 5.96. The maximum absolute atomic E-state index is 12.8. The van der Waals surface area contributed by atoms with Crippen molar-refractivity contribution in [3.63, 3.8) is 0 Å². The van der Waals surface area contributed by atoms with Crippen LogP contribution >= 0.6 is 11.6 Å². The van der Waals surface area contributed by atoms with Crippen molar-refractivity contribution in [2.45, 2.75) is 6.04 Å². The van der Waals surface area contributed by atoms with Gasteiger partial charge in [-0.25, -0.2) is 0 Å². The Hall–Kier alpha value is -2.78. The van der Waals surface area contributed by atoms with Crippen molar-refractivity contribution in [2.75, 3.05) is 10.6 Å². The highest BCUT2D eigenvalue weighted by Crippen LogP contribution is 2.23. The van der Waals surface area contributed by atoms with Gasteiger partial charge in [0.25, 0.3) is 5.91 Å². The van der Waals surface area contributed by atoms with Gasteiger partial charge in [-0.2, -0.15) is 0 Å². The van der Waals surface area contributed by atoms with Crippen LogP contribution in [0.3, 0.4) is 0 Å². The number of amides is 1. The first-order chi connectivity index (χ1) is 11.7. The van der Waals surface area contributed by atoms with Crippen LogP contribution in [0.4, 0.5) is 11.4 Å². The fourth-order valence-electron chi connectivity index (χ4n) is 2.39. The summed E-state index contributed by atoms with van der Waals surface area (Å²) in [6, 6.07) is 25.8. The van der Waals surface area contributed by atoms with Crippen LogP contribution in [0.5, 0.6) is 0 Å². The summed E-state index contributed by atoms with van der Waals surface area (Å²) in [6.45, 7) is 0. The van der Waals surface area contributed by atoms with Gasteiger partial charge in [-0.1, -0.05) is 60.1 Å². The number of carbonyl (C=O) groups excluding carboxylic acids is 1. The van der Waals surface area contributed by atoms with E-state index in [4.69, 9.17) is 11.6 Å². The lowest BCUT2D eigenvalue weighted by atomic mass is 10.1. The van der Waals surface area contributed by atoms with Gasteiger partial charge in [0.1, 0.15) is 6.04 Å². The molecular weight excluding hydrogens is 320 g/mol. The van der Waals surface area contributed by atoms with Gasteiger partial charge in [-0.15, -0.1) is 0 Å². The zero-order chi connectivity index (χ0) is 16.8. The van der Waals surface area contributed by atoms with Crippen LogP contribution in [0.1, 0.15) is 11.6 Å². The van der Waals surface area contributed by atoms with Crippen LogP contribution in [0.15, 0.2) is 84.9 Å². The van der Waals surface area contributed by atoms with Crippen LogP contribution < -0.4 is 10.6 Å². The zero-order valence-electron chi connectivity index (χ0n) is 12.9. The predicted octanol–water partition coefficient (Wildman–Crippen LogP) is 5.13. The lowest BCUT2D eigenvalue weighted by molar-refractivity contribution is -0.117. The Kier molecular flexibility index (Phi) is 5.14. The third-order valence-electron chi connectivity index (χ3n) is 3.59.